The van der Waals surface area contributed by atoms with Crippen LogP contribution >= 0.6 is 11.3 Å². The molecule has 0 unspecified atom stereocenters. The molecule has 1 amide bonds. The van der Waals surface area contributed by atoms with E-state index >= 15 is 0 Å². The Hall–Kier alpha value is -2.80. The third kappa shape index (κ3) is 3.68. The summed E-state index contributed by atoms with van der Waals surface area (Å²) in [6.45, 7) is 2.45. The molecule has 0 aliphatic carbocycles. The summed E-state index contributed by atoms with van der Waals surface area (Å²) >= 11 is 1.20. The van der Waals surface area contributed by atoms with Crippen LogP contribution in [0.1, 0.15) is 51.4 Å². The average molecular weight is 380 g/mol. The van der Waals surface area contributed by atoms with E-state index in [0.717, 1.165) is 43.0 Å². The summed E-state index contributed by atoms with van der Waals surface area (Å²) in [5.41, 5.74) is 1.70. The van der Waals surface area contributed by atoms with Gasteiger partial charge in [-0.15, -0.1) is 21.5 Å². The second kappa shape index (κ2) is 7.44. The van der Waals surface area contributed by atoms with E-state index in [4.69, 9.17) is 0 Å². The van der Waals surface area contributed by atoms with Gasteiger partial charge < -0.3 is 9.88 Å². The van der Waals surface area contributed by atoms with Crippen molar-refractivity contribution in [1.82, 2.24) is 14.8 Å². The van der Waals surface area contributed by atoms with E-state index in [-0.39, 0.29) is 11.7 Å². The van der Waals surface area contributed by atoms with E-state index in [9.17, 15) is 9.59 Å². The number of Topliss-reactive ketones (excluding diaryl/α,β-unsaturated/α-hetero) is 1. The number of ketones is 1. The number of aryl methyl sites for hydroxylation is 1. The molecule has 4 rings (SSSR count). The molecule has 0 radical (unpaired) electrons. The first-order valence-electron chi connectivity index (χ1n) is 9.06. The van der Waals surface area contributed by atoms with Crippen molar-refractivity contribution in [2.75, 3.05) is 5.32 Å². The maximum Gasteiger partial charge on any atom is 0.265 e. The Kier molecular flexibility index (Phi) is 4.85. The van der Waals surface area contributed by atoms with Gasteiger partial charge in [-0.1, -0.05) is 6.42 Å². The molecular weight excluding hydrogens is 360 g/mol. The highest BCUT2D eigenvalue weighted by Gasteiger charge is 2.16. The van der Waals surface area contributed by atoms with Crippen LogP contribution in [0.5, 0.6) is 0 Å². The molecule has 2 aromatic heterocycles. The number of carbonyl (C=O) groups is 2. The smallest absolute Gasteiger partial charge is 0.265 e. The zero-order chi connectivity index (χ0) is 18.8. The molecule has 0 saturated heterocycles. The minimum absolute atomic E-state index is 0.0316. The molecule has 7 heteroatoms. The molecule has 27 heavy (non-hydrogen) atoms. The Bertz CT molecular complexity index is 988. The second-order valence-electron chi connectivity index (χ2n) is 6.65. The average Bonchev–Trinajstić information content (AvgIpc) is 3.25. The van der Waals surface area contributed by atoms with Gasteiger partial charge in [0.05, 0.1) is 9.75 Å². The van der Waals surface area contributed by atoms with Crippen molar-refractivity contribution in [3.63, 3.8) is 0 Å². The molecule has 1 aromatic carbocycles. The van der Waals surface area contributed by atoms with E-state index in [1.807, 2.05) is 24.3 Å². The number of hydrogen-bond acceptors (Lipinski definition) is 5. The van der Waals surface area contributed by atoms with Gasteiger partial charge in [-0.2, -0.15) is 0 Å². The van der Waals surface area contributed by atoms with Gasteiger partial charge in [0.1, 0.15) is 5.82 Å². The summed E-state index contributed by atoms with van der Waals surface area (Å²) in [6, 6.07) is 11.0. The topological polar surface area (TPSA) is 76.9 Å². The third-order valence-corrected chi connectivity index (χ3v) is 5.87. The summed E-state index contributed by atoms with van der Waals surface area (Å²) in [6.07, 6.45) is 4.51. The Morgan fingerprint density at radius 1 is 1.00 bits per heavy atom. The first-order chi connectivity index (χ1) is 13.1. The van der Waals surface area contributed by atoms with E-state index in [1.165, 1.54) is 24.7 Å². The lowest BCUT2D eigenvalue weighted by Crippen LogP contribution is -2.10. The van der Waals surface area contributed by atoms with Crippen LogP contribution in [-0.4, -0.2) is 26.5 Å². The number of rotatable bonds is 4. The Morgan fingerprint density at radius 3 is 2.52 bits per heavy atom. The van der Waals surface area contributed by atoms with Crippen molar-refractivity contribution in [2.24, 2.45) is 0 Å². The highest BCUT2D eigenvalue weighted by molar-refractivity contribution is 7.16. The molecule has 1 aliphatic heterocycles. The van der Waals surface area contributed by atoms with Crippen molar-refractivity contribution in [2.45, 2.75) is 39.2 Å². The van der Waals surface area contributed by atoms with E-state index in [0.29, 0.717) is 15.4 Å². The van der Waals surface area contributed by atoms with Crippen LogP contribution in [0, 0.1) is 0 Å². The Labute approximate surface area is 161 Å². The maximum absolute atomic E-state index is 12.4. The molecule has 3 heterocycles. The molecule has 0 fully saturated rings. The van der Waals surface area contributed by atoms with E-state index in [2.05, 4.69) is 20.1 Å². The van der Waals surface area contributed by atoms with Gasteiger partial charge in [-0.3, -0.25) is 9.59 Å². The largest absolute Gasteiger partial charge is 0.321 e. The minimum atomic E-state index is -0.211. The predicted molar refractivity (Wildman–Crippen MR) is 105 cm³/mol. The summed E-state index contributed by atoms with van der Waals surface area (Å²) in [7, 11) is 0. The van der Waals surface area contributed by atoms with Gasteiger partial charge in [0.2, 0.25) is 0 Å². The lowest BCUT2D eigenvalue weighted by atomic mass is 10.2. The Morgan fingerprint density at radius 2 is 1.78 bits per heavy atom. The van der Waals surface area contributed by atoms with Crippen molar-refractivity contribution in [3.8, 4) is 11.4 Å². The first-order valence-corrected chi connectivity index (χ1v) is 9.88. The van der Waals surface area contributed by atoms with Crippen LogP contribution in [0.2, 0.25) is 0 Å². The predicted octanol–water partition coefficient (Wildman–Crippen LogP) is 4.19. The number of fused-ring (bicyclic) bond motifs is 1. The fourth-order valence-corrected chi connectivity index (χ4v) is 4.04. The van der Waals surface area contributed by atoms with Crippen LogP contribution in [-0.2, 0) is 13.0 Å². The molecule has 1 N–H and O–H groups in total. The SMILES string of the molecule is CC(=O)c1ccc(C(=O)Nc2ccc(-c3nnc4n3CCCCC4)cc2)s1. The molecule has 1 aliphatic rings. The standard InChI is InChI=1S/C20H20N4O2S/c1-13(25)16-10-11-17(27-16)20(26)21-15-8-6-14(7-9-15)19-23-22-18-5-3-2-4-12-24(18)19/h6-11H,2-5,12H2,1H3,(H,21,26). The number of anilines is 1. The van der Waals surface area contributed by atoms with Crippen LogP contribution in [0.15, 0.2) is 36.4 Å². The number of thiophene rings is 1. The number of amides is 1. The van der Waals surface area contributed by atoms with Crippen molar-refractivity contribution in [3.05, 3.63) is 52.0 Å². The zero-order valence-electron chi connectivity index (χ0n) is 15.1. The molecule has 0 bridgehead atoms. The van der Waals surface area contributed by atoms with Gasteiger partial charge >= 0.3 is 0 Å². The monoisotopic (exact) mass is 380 g/mol. The van der Waals surface area contributed by atoms with Crippen molar-refractivity contribution < 1.29 is 9.59 Å². The fourth-order valence-electron chi connectivity index (χ4n) is 3.24. The lowest BCUT2D eigenvalue weighted by molar-refractivity contribution is 0.101. The highest BCUT2D eigenvalue weighted by Crippen LogP contribution is 2.24. The molecule has 6 nitrogen and oxygen atoms in total. The number of nitrogens with one attached hydrogen (secondary N) is 1. The molecule has 0 spiro atoms. The fraction of sp³-hybridized carbons (Fsp3) is 0.300. The van der Waals surface area contributed by atoms with Gasteiger partial charge in [-0.05, 0) is 56.2 Å². The number of nitrogens with zero attached hydrogens (tertiary/aromatic N) is 3. The number of hydrogen-bond donors (Lipinski definition) is 1. The third-order valence-electron chi connectivity index (χ3n) is 4.69. The summed E-state index contributed by atoms with van der Waals surface area (Å²) in [5.74, 6) is 1.69. The first kappa shape index (κ1) is 17.6. The maximum atomic E-state index is 12.4. The van der Waals surface area contributed by atoms with Crippen LogP contribution < -0.4 is 5.32 Å². The van der Waals surface area contributed by atoms with Gasteiger partial charge in [0, 0.05) is 24.2 Å². The second-order valence-corrected chi connectivity index (χ2v) is 7.74. The zero-order valence-corrected chi connectivity index (χ0v) is 15.9. The Balaban J connectivity index is 1.50. The summed E-state index contributed by atoms with van der Waals surface area (Å²) in [4.78, 5) is 24.8. The minimum Gasteiger partial charge on any atom is -0.321 e. The number of benzene rings is 1. The van der Waals surface area contributed by atoms with Crippen LogP contribution in [0.25, 0.3) is 11.4 Å². The van der Waals surface area contributed by atoms with Gasteiger partial charge in [0.25, 0.3) is 5.91 Å². The molecule has 0 saturated carbocycles. The molecular formula is C20H20N4O2S. The van der Waals surface area contributed by atoms with E-state index < -0.39 is 0 Å². The van der Waals surface area contributed by atoms with Crippen molar-refractivity contribution >= 4 is 28.7 Å². The molecule has 0 atom stereocenters. The van der Waals surface area contributed by atoms with Crippen LogP contribution in [0.3, 0.4) is 0 Å². The quantitative estimate of drug-likeness (QED) is 0.689. The molecule has 138 valence electrons. The number of aromatic nitrogens is 3. The highest BCUT2D eigenvalue weighted by atomic mass is 32.1. The lowest BCUT2D eigenvalue weighted by Gasteiger charge is -2.08. The van der Waals surface area contributed by atoms with E-state index in [1.54, 1.807) is 12.1 Å². The van der Waals surface area contributed by atoms with Gasteiger partial charge in [-0.25, -0.2) is 0 Å². The summed E-state index contributed by atoms with van der Waals surface area (Å²) in [5, 5.41) is 11.6. The normalized spacial score (nSPS) is 13.7. The van der Waals surface area contributed by atoms with Crippen LogP contribution in [0.4, 0.5) is 5.69 Å². The molecule has 3 aromatic rings. The number of carbonyl (C=O) groups excluding carboxylic acids is 2. The summed E-state index contributed by atoms with van der Waals surface area (Å²) < 4.78 is 2.20. The van der Waals surface area contributed by atoms with Crippen molar-refractivity contribution in [1.29, 1.82) is 0 Å². The van der Waals surface area contributed by atoms with Gasteiger partial charge in [0.15, 0.2) is 11.6 Å².